The van der Waals surface area contributed by atoms with Crippen molar-refractivity contribution in [2.45, 2.75) is 260 Å². The van der Waals surface area contributed by atoms with Gasteiger partial charge in [-0.3, -0.25) is 38.2 Å². The van der Waals surface area contributed by atoms with Crippen molar-refractivity contribution in [3.05, 3.63) is 195 Å². The summed E-state index contributed by atoms with van der Waals surface area (Å²) in [5, 5.41) is 24.0. The molecule has 3 unspecified atom stereocenters. The van der Waals surface area contributed by atoms with Crippen LogP contribution >= 0.6 is 34.8 Å². The number of ether oxygens (including phenoxy) is 1. The van der Waals surface area contributed by atoms with Crippen molar-refractivity contribution < 1.29 is 55.1 Å². The number of anilines is 5. The van der Waals surface area contributed by atoms with Gasteiger partial charge in [-0.15, -0.1) is 0 Å². The van der Waals surface area contributed by atoms with Crippen LogP contribution in [0.1, 0.15) is 265 Å². The van der Waals surface area contributed by atoms with Gasteiger partial charge in [-0.25, -0.2) is 35.7 Å². The SMILES string of the molecule is CC(=O)C(C(=O)Nc1cc(C(=O)Oc2ccccc2C)ccc1Cl)n1ncc2cc(C)ccc21.CCCCCCCCCCCCCCCCS(=O)(=O)Nc1ccc(Cl)c(NC(=O)C(C(C)=O)n2ncc3cc(C)ccc32)c1.CCCCCCCCCCCCCCCCS(=O)(=O)Nc1ccc(Cl)c(NC(=O)C(C(C)=O)n2ncc3ccc(C)cc32)c1. The Morgan fingerprint density at radius 1 is 0.369 bits per heavy atom. The predicted molar refractivity (Wildman–Crippen MR) is 494 cm³/mol. The molecule has 0 radical (unpaired) electrons. The zero-order valence-electron chi connectivity index (χ0n) is 71.9. The molecule has 10 rings (SSSR count). The average molecular weight is 1770 g/mol. The number of Topliss-reactive ketones (excluding diaryl/α,β-unsaturated/α-hetero) is 3. The van der Waals surface area contributed by atoms with Gasteiger partial charge in [-0.1, -0.05) is 269 Å². The summed E-state index contributed by atoms with van der Waals surface area (Å²) in [6, 6.07) is 33.9. The third-order valence-corrected chi connectivity index (χ3v) is 24.9. The Bertz CT molecular complexity index is 5420. The molecule has 0 saturated heterocycles. The number of benzene rings is 7. The quantitative estimate of drug-likeness (QED) is 0.0102. The van der Waals surface area contributed by atoms with E-state index in [2.05, 4.69) is 54.5 Å². The number of nitrogens with zero attached hydrogens (tertiary/aromatic N) is 6. The first-order chi connectivity index (χ1) is 58.5. The molecule has 28 heteroatoms. The van der Waals surface area contributed by atoms with E-state index in [1.165, 1.54) is 206 Å². The number of esters is 1. The van der Waals surface area contributed by atoms with Gasteiger partial charge < -0.3 is 20.7 Å². The molecule has 23 nitrogen and oxygen atoms in total. The molecule has 0 aliphatic heterocycles. The number of nitrogens with one attached hydrogen (secondary N) is 5. The maximum Gasteiger partial charge on any atom is 0.343 e. The van der Waals surface area contributed by atoms with E-state index in [1.807, 2.05) is 94.4 Å². The molecule has 656 valence electrons. The van der Waals surface area contributed by atoms with Crippen molar-refractivity contribution in [3.8, 4) is 5.75 Å². The van der Waals surface area contributed by atoms with Crippen molar-refractivity contribution in [2.75, 3.05) is 36.9 Å². The van der Waals surface area contributed by atoms with E-state index in [9.17, 15) is 50.4 Å². The highest BCUT2D eigenvalue weighted by Gasteiger charge is 2.32. The fourth-order valence-corrected chi connectivity index (χ4v) is 17.3. The van der Waals surface area contributed by atoms with Crippen LogP contribution < -0.4 is 30.1 Å². The summed E-state index contributed by atoms with van der Waals surface area (Å²) in [4.78, 5) is 90.0. The fourth-order valence-electron chi connectivity index (χ4n) is 14.5. The number of aryl methyl sites for hydroxylation is 4. The molecule has 0 fully saturated rings. The summed E-state index contributed by atoms with van der Waals surface area (Å²) in [7, 11) is -7.15. The van der Waals surface area contributed by atoms with E-state index in [-0.39, 0.29) is 60.6 Å². The Hall–Kier alpha value is -9.79. The smallest absolute Gasteiger partial charge is 0.343 e. The minimum Gasteiger partial charge on any atom is -0.423 e. The van der Waals surface area contributed by atoms with Crippen LogP contribution in [-0.4, -0.2) is 98.7 Å². The number of aromatic nitrogens is 6. The summed E-state index contributed by atoms with van der Waals surface area (Å²) in [6.45, 7) is 16.1. The molecule has 3 atom stereocenters. The summed E-state index contributed by atoms with van der Waals surface area (Å²) < 4.78 is 65.8. The van der Waals surface area contributed by atoms with Crippen LogP contribution in [0.25, 0.3) is 32.7 Å². The number of ketones is 3. The molecular weight excluding hydrogens is 1650 g/mol. The minimum absolute atomic E-state index is 0.0214. The average Bonchev–Trinajstić information content (AvgIpc) is 1.63. The fraction of sp³-hybridized carbons (Fsp3) is 0.447. The minimum atomic E-state index is -3.58. The molecule has 122 heavy (non-hydrogen) atoms. The van der Waals surface area contributed by atoms with Gasteiger partial charge in [-0.2, -0.15) is 15.3 Å². The second kappa shape index (κ2) is 49.5. The lowest BCUT2D eigenvalue weighted by molar-refractivity contribution is -0.130. The largest absolute Gasteiger partial charge is 0.423 e. The summed E-state index contributed by atoms with van der Waals surface area (Å²) >= 11 is 19.0. The number of carbonyl (C=O) groups is 7. The molecule has 0 bridgehead atoms. The van der Waals surface area contributed by atoms with Crippen molar-refractivity contribution >= 4 is 157 Å². The first-order valence-corrected chi connectivity index (χ1v) is 47.3. The number of hydrogen-bond acceptors (Lipinski definition) is 15. The number of halogens is 3. The van der Waals surface area contributed by atoms with Gasteiger partial charge >= 0.3 is 5.97 Å². The Balaban J connectivity index is 0.000000229. The number of fused-ring (bicyclic) bond motifs is 3. The van der Waals surface area contributed by atoms with Gasteiger partial charge in [0.15, 0.2) is 35.5 Å². The highest BCUT2D eigenvalue weighted by Crippen LogP contribution is 2.33. The van der Waals surface area contributed by atoms with Crippen LogP contribution in [0, 0.1) is 27.7 Å². The third-order valence-electron chi connectivity index (χ3n) is 21.2. The Kier molecular flexibility index (Phi) is 39.6. The van der Waals surface area contributed by atoms with Crippen molar-refractivity contribution in [1.82, 2.24) is 29.3 Å². The number of sulfonamides is 2. The first kappa shape index (κ1) is 97.7. The zero-order valence-corrected chi connectivity index (χ0v) is 75.8. The lowest BCUT2D eigenvalue weighted by Gasteiger charge is -2.17. The van der Waals surface area contributed by atoms with Crippen LogP contribution in [0.4, 0.5) is 28.4 Å². The summed E-state index contributed by atoms with van der Waals surface area (Å²) in [5.41, 5.74) is 7.19. The number of carbonyl (C=O) groups excluding carboxylic acids is 7. The topological polar surface area (TPSA) is 311 Å². The van der Waals surface area contributed by atoms with Crippen LogP contribution in [0.3, 0.4) is 0 Å². The predicted octanol–water partition coefficient (Wildman–Crippen LogP) is 23.3. The van der Waals surface area contributed by atoms with Crippen LogP contribution in [0.5, 0.6) is 5.75 Å². The normalized spacial score (nSPS) is 12.2. The Morgan fingerprint density at radius 3 is 1.07 bits per heavy atom. The van der Waals surface area contributed by atoms with E-state index in [0.717, 1.165) is 76.9 Å². The van der Waals surface area contributed by atoms with Gasteiger partial charge in [0, 0.05) is 16.2 Å². The second-order valence-corrected chi connectivity index (χ2v) is 36.6. The maximum atomic E-state index is 13.3. The number of rotatable bonds is 48. The van der Waals surface area contributed by atoms with E-state index < -0.39 is 79.2 Å². The Morgan fingerprint density at radius 2 is 0.697 bits per heavy atom. The molecule has 3 amide bonds. The van der Waals surface area contributed by atoms with Gasteiger partial charge in [-0.05, 0) is 163 Å². The zero-order chi connectivity index (χ0) is 88.3. The number of unbranched alkanes of at least 4 members (excludes halogenated alkanes) is 26. The van der Waals surface area contributed by atoms with Crippen molar-refractivity contribution in [3.63, 3.8) is 0 Å². The standard InChI is InChI=1S/2C34H49ClN4O4S.C26H22ClN3O4/c1-4-5-6-7-8-9-10-11-12-13-14-15-16-17-22-44(42,43)38-29-19-20-30(35)31(24-29)37-34(41)33(27(3)40)39-32-21-18-26(2)23-28(32)25-36-39;1-4-5-6-7-8-9-10-11-12-13-14-15-16-17-22-44(42,43)38-29-20-21-30(35)31(24-29)37-34(41)33(27(3)40)39-32-23-26(2)18-19-28(32)25-36-39;1-15-8-11-22-19(12-15)14-28-30(22)24(17(3)31)25(32)29-21-13-18(9-10-20(21)27)26(33)34-23-7-5-4-6-16(23)2/h2*18-21,23-25,33,38H,4-17,22H2,1-3H3,(H,37,41);4-14,24H,1-3H3,(H,29,32). The second-order valence-electron chi connectivity index (χ2n) is 31.7. The van der Waals surface area contributed by atoms with Crippen LogP contribution in [0.2, 0.25) is 15.1 Å². The first-order valence-electron chi connectivity index (χ1n) is 42.9. The summed E-state index contributed by atoms with van der Waals surface area (Å²) in [5.74, 6) is -3.16. The van der Waals surface area contributed by atoms with E-state index in [4.69, 9.17) is 39.5 Å². The maximum absolute atomic E-state index is 13.3. The molecule has 5 N–H and O–H groups in total. The molecule has 3 heterocycles. The van der Waals surface area contributed by atoms with E-state index in [0.29, 0.717) is 35.1 Å². The highest BCUT2D eigenvalue weighted by molar-refractivity contribution is 7.93. The lowest BCUT2D eigenvalue weighted by Crippen LogP contribution is -2.32. The van der Waals surface area contributed by atoms with E-state index >= 15 is 0 Å². The third kappa shape index (κ3) is 30.9. The highest BCUT2D eigenvalue weighted by atomic mass is 35.5. The molecule has 7 aromatic carbocycles. The lowest BCUT2D eigenvalue weighted by atomic mass is 10.0. The van der Waals surface area contributed by atoms with Crippen LogP contribution in [-0.2, 0) is 48.8 Å². The van der Waals surface area contributed by atoms with E-state index in [1.54, 1.807) is 42.9 Å². The van der Waals surface area contributed by atoms with Gasteiger partial charge in [0.1, 0.15) is 5.75 Å². The Labute approximate surface area is 734 Å². The van der Waals surface area contributed by atoms with Gasteiger partial charge in [0.05, 0.1) is 95.7 Å². The number of para-hydroxylation sites is 1. The molecular formula is C94H120Cl3N11O12S2. The molecule has 3 aromatic heterocycles. The number of hydrogen-bond donors (Lipinski definition) is 5. The molecule has 10 aromatic rings. The molecule has 0 spiro atoms. The summed E-state index contributed by atoms with van der Waals surface area (Å²) in [6.07, 6.45) is 38.5. The molecule has 0 saturated carbocycles. The molecule has 0 aliphatic rings. The van der Waals surface area contributed by atoms with Gasteiger partial charge in [0.25, 0.3) is 17.7 Å². The monoisotopic (exact) mass is 1760 g/mol. The number of amides is 3. The van der Waals surface area contributed by atoms with Crippen molar-refractivity contribution in [1.29, 1.82) is 0 Å². The molecule has 0 aliphatic carbocycles. The van der Waals surface area contributed by atoms with Gasteiger partial charge in [0.2, 0.25) is 20.0 Å². The van der Waals surface area contributed by atoms with Crippen molar-refractivity contribution in [2.24, 2.45) is 0 Å². The van der Waals surface area contributed by atoms with Crippen LogP contribution in [0.15, 0.2) is 152 Å².